The molecule has 0 unspecified atom stereocenters. The Labute approximate surface area is 125 Å². The van der Waals surface area contributed by atoms with E-state index in [4.69, 9.17) is 28.9 Å². The predicted molar refractivity (Wildman–Crippen MR) is 78.7 cm³/mol. The van der Waals surface area contributed by atoms with Crippen molar-refractivity contribution in [2.24, 2.45) is 5.73 Å². The van der Waals surface area contributed by atoms with Crippen molar-refractivity contribution in [1.29, 1.82) is 0 Å². The summed E-state index contributed by atoms with van der Waals surface area (Å²) in [5, 5.41) is 3.57. The van der Waals surface area contributed by atoms with Crippen LogP contribution in [0.2, 0.25) is 10.0 Å². The maximum Gasteiger partial charge on any atom is 0.248 e. The van der Waals surface area contributed by atoms with E-state index in [1.807, 2.05) is 0 Å². The Kier molecular flexibility index (Phi) is 4.47. The first-order valence-corrected chi connectivity index (χ1v) is 6.50. The van der Waals surface area contributed by atoms with Gasteiger partial charge in [-0.3, -0.25) is 4.79 Å². The summed E-state index contributed by atoms with van der Waals surface area (Å²) in [6, 6.07) is 9.12. The number of hydrogen-bond donors (Lipinski definition) is 2. The van der Waals surface area contributed by atoms with Gasteiger partial charge in [0.2, 0.25) is 5.91 Å². The van der Waals surface area contributed by atoms with E-state index >= 15 is 0 Å². The molecule has 0 fully saturated rings. The zero-order valence-electron chi connectivity index (χ0n) is 10.3. The largest absolute Gasteiger partial charge is 0.380 e. The molecule has 0 radical (unpaired) electrons. The van der Waals surface area contributed by atoms with Crippen LogP contribution in [0.4, 0.5) is 10.1 Å². The average molecular weight is 313 g/mol. The molecule has 0 bridgehead atoms. The van der Waals surface area contributed by atoms with Crippen molar-refractivity contribution in [2.45, 2.75) is 6.54 Å². The van der Waals surface area contributed by atoms with Crippen molar-refractivity contribution in [2.75, 3.05) is 5.32 Å². The molecule has 6 heteroatoms. The molecular weight excluding hydrogens is 302 g/mol. The minimum absolute atomic E-state index is 0.0567. The topological polar surface area (TPSA) is 55.1 Å². The highest BCUT2D eigenvalue weighted by Gasteiger charge is 2.06. The lowest BCUT2D eigenvalue weighted by atomic mass is 10.1. The van der Waals surface area contributed by atoms with Crippen molar-refractivity contribution in [3.05, 3.63) is 63.4 Å². The van der Waals surface area contributed by atoms with Crippen molar-refractivity contribution in [3.8, 4) is 0 Å². The molecule has 2 rings (SSSR count). The van der Waals surface area contributed by atoms with Gasteiger partial charge in [-0.15, -0.1) is 0 Å². The van der Waals surface area contributed by atoms with E-state index in [9.17, 15) is 9.18 Å². The summed E-state index contributed by atoms with van der Waals surface area (Å²) in [6.45, 7) is 0.391. The number of amides is 1. The Morgan fingerprint density at radius 1 is 1.15 bits per heavy atom. The second-order valence-corrected chi connectivity index (χ2v) is 4.98. The first-order chi connectivity index (χ1) is 9.47. The summed E-state index contributed by atoms with van der Waals surface area (Å²) in [5.41, 5.74) is 6.92. The summed E-state index contributed by atoms with van der Waals surface area (Å²) in [7, 11) is 0. The summed E-state index contributed by atoms with van der Waals surface area (Å²) >= 11 is 11.7. The highest BCUT2D eigenvalue weighted by Crippen LogP contribution is 2.24. The third-order valence-electron chi connectivity index (χ3n) is 2.72. The number of primary amides is 1. The monoisotopic (exact) mass is 312 g/mol. The Bertz CT molecular complexity index is 662. The molecule has 2 aromatic carbocycles. The Balaban J connectivity index is 2.15. The van der Waals surface area contributed by atoms with E-state index in [0.717, 1.165) is 5.56 Å². The number of carbonyl (C=O) groups excluding carboxylic acids is 1. The van der Waals surface area contributed by atoms with E-state index in [2.05, 4.69) is 5.32 Å². The molecular formula is C14H11Cl2FN2O. The molecule has 3 nitrogen and oxygen atoms in total. The van der Waals surface area contributed by atoms with Crippen LogP contribution in [0.5, 0.6) is 0 Å². The summed E-state index contributed by atoms with van der Waals surface area (Å²) in [4.78, 5) is 11.1. The number of nitrogens with one attached hydrogen (secondary N) is 1. The smallest absolute Gasteiger partial charge is 0.248 e. The van der Waals surface area contributed by atoms with Gasteiger partial charge in [0.1, 0.15) is 5.82 Å². The molecule has 2 aromatic rings. The zero-order valence-corrected chi connectivity index (χ0v) is 11.8. The lowest BCUT2D eigenvalue weighted by Crippen LogP contribution is -2.11. The highest BCUT2D eigenvalue weighted by atomic mass is 35.5. The Morgan fingerprint density at radius 3 is 2.55 bits per heavy atom. The number of benzene rings is 2. The molecule has 3 N–H and O–H groups in total. The fraction of sp³-hybridized carbons (Fsp3) is 0.0714. The third kappa shape index (κ3) is 3.40. The molecule has 0 saturated heterocycles. The van der Waals surface area contributed by atoms with Crippen LogP contribution in [0.25, 0.3) is 0 Å². The van der Waals surface area contributed by atoms with Gasteiger partial charge >= 0.3 is 0 Å². The molecule has 0 aliphatic rings. The van der Waals surface area contributed by atoms with Gasteiger partial charge in [0.15, 0.2) is 0 Å². The quantitative estimate of drug-likeness (QED) is 0.901. The van der Waals surface area contributed by atoms with Crippen molar-refractivity contribution in [1.82, 2.24) is 0 Å². The minimum atomic E-state index is -0.533. The Hall–Kier alpha value is -1.78. The normalized spacial score (nSPS) is 10.3. The standard InChI is InChI=1S/C14H11Cl2FN2O/c15-10-3-2-9(14(18)20)6-13(10)19-7-8-1-4-12(17)11(16)5-8/h1-6,19H,7H2,(H2,18,20). The molecule has 0 saturated carbocycles. The number of nitrogens with two attached hydrogens (primary N) is 1. The van der Waals surface area contributed by atoms with Crippen LogP contribution in [0.15, 0.2) is 36.4 Å². The van der Waals surface area contributed by atoms with Crippen molar-refractivity contribution in [3.63, 3.8) is 0 Å². The van der Waals surface area contributed by atoms with Gasteiger partial charge in [-0.25, -0.2) is 4.39 Å². The van der Waals surface area contributed by atoms with Crippen molar-refractivity contribution >= 4 is 34.8 Å². The molecule has 104 valence electrons. The average Bonchev–Trinajstić information content (AvgIpc) is 2.41. The fourth-order valence-electron chi connectivity index (χ4n) is 1.66. The Morgan fingerprint density at radius 2 is 1.90 bits per heavy atom. The molecule has 0 spiro atoms. The SMILES string of the molecule is NC(=O)c1ccc(Cl)c(NCc2ccc(F)c(Cl)c2)c1. The maximum atomic E-state index is 13.0. The summed E-state index contributed by atoms with van der Waals surface area (Å²) < 4.78 is 13.0. The number of anilines is 1. The van der Waals surface area contributed by atoms with E-state index in [-0.39, 0.29) is 5.02 Å². The van der Waals surface area contributed by atoms with E-state index in [1.54, 1.807) is 24.3 Å². The van der Waals surface area contributed by atoms with Crippen LogP contribution < -0.4 is 11.1 Å². The highest BCUT2D eigenvalue weighted by molar-refractivity contribution is 6.33. The predicted octanol–water partition coefficient (Wildman–Crippen LogP) is 3.84. The number of rotatable bonds is 4. The van der Waals surface area contributed by atoms with Gasteiger partial charge in [-0.2, -0.15) is 0 Å². The lowest BCUT2D eigenvalue weighted by molar-refractivity contribution is 0.100. The molecule has 1 amide bonds. The van der Waals surface area contributed by atoms with E-state index in [0.29, 0.717) is 22.8 Å². The maximum absolute atomic E-state index is 13.0. The fourth-order valence-corrected chi connectivity index (χ4v) is 2.05. The second kappa shape index (κ2) is 6.11. The zero-order chi connectivity index (χ0) is 14.7. The first kappa shape index (κ1) is 14.6. The van der Waals surface area contributed by atoms with E-state index in [1.165, 1.54) is 12.1 Å². The molecule has 0 heterocycles. The van der Waals surface area contributed by atoms with Crippen LogP contribution in [0, 0.1) is 5.82 Å². The molecule has 0 aliphatic carbocycles. The van der Waals surface area contributed by atoms with Crippen LogP contribution in [0.1, 0.15) is 15.9 Å². The molecule has 0 atom stereocenters. The van der Waals surface area contributed by atoms with Gasteiger partial charge < -0.3 is 11.1 Å². The van der Waals surface area contributed by atoms with Crippen LogP contribution >= 0.6 is 23.2 Å². The van der Waals surface area contributed by atoms with Gasteiger partial charge in [0.05, 0.1) is 15.7 Å². The third-order valence-corrected chi connectivity index (χ3v) is 3.34. The second-order valence-electron chi connectivity index (χ2n) is 4.16. The molecule has 20 heavy (non-hydrogen) atoms. The lowest BCUT2D eigenvalue weighted by Gasteiger charge is -2.10. The van der Waals surface area contributed by atoms with E-state index < -0.39 is 11.7 Å². The van der Waals surface area contributed by atoms with Crippen LogP contribution in [-0.2, 0) is 6.54 Å². The van der Waals surface area contributed by atoms with Crippen molar-refractivity contribution < 1.29 is 9.18 Å². The summed E-state index contributed by atoms with van der Waals surface area (Å²) in [6.07, 6.45) is 0. The van der Waals surface area contributed by atoms with Gasteiger partial charge in [0.25, 0.3) is 0 Å². The number of hydrogen-bond acceptors (Lipinski definition) is 2. The minimum Gasteiger partial charge on any atom is -0.380 e. The van der Waals surface area contributed by atoms with Crippen LogP contribution in [-0.4, -0.2) is 5.91 Å². The van der Waals surface area contributed by atoms with Gasteiger partial charge in [-0.05, 0) is 35.9 Å². The van der Waals surface area contributed by atoms with Gasteiger partial charge in [0, 0.05) is 12.1 Å². The van der Waals surface area contributed by atoms with Gasteiger partial charge in [-0.1, -0.05) is 29.3 Å². The number of carbonyl (C=O) groups is 1. The van der Waals surface area contributed by atoms with Crippen LogP contribution in [0.3, 0.4) is 0 Å². The number of halogens is 3. The molecule has 0 aliphatic heterocycles. The molecule has 0 aromatic heterocycles. The summed E-state index contributed by atoms with van der Waals surface area (Å²) in [5.74, 6) is -1.00. The first-order valence-electron chi connectivity index (χ1n) is 5.74.